The van der Waals surface area contributed by atoms with E-state index in [0.29, 0.717) is 30.1 Å². The van der Waals surface area contributed by atoms with Crippen molar-refractivity contribution in [1.29, 1.82) is 0 Å². The van der Waals surface area contributed by atoms with Crippen LogP contribution < -0.4 is 0 Å². The number of carbonyl (C=O) groups excluding carboxylic acids is 2. The summed E-state index contributed by atoms with van der Waals surface area (Å²) in [4.78, 5) is 25.0. The molecule has 2 saturated carbocycles. The quantitative estimate of drug-likeness (QED) is 0.136. The maximum Gasteiger partial charge on any atom is 0.337 e. The first kappa shape index (κ1) is 28.1. The Morgan fingerprint density at radius 1 is 1.28 bits per heavy atom. The lowest BCUT2D eigenvalue weighted by Crippen LogP contribution is -2.57. The van der Waals surface area contributed by atoms with Crippen LogP contribution >= 0.6 is 21.6 Å². The van der Waals surface area contributed by atoms with Crippen molar-refractivity contribution in [1.82, 2.24) is 0 Å². The first-order valence-corrected chi connectivity index (χ1v) is 15.9. The van der Waals surface area contributed by atoms with Crippen molar-refractivity contribution >= 4 is 33.5 Å². The molecule has 2 aliphatic carbocycles. The van der Waals surface area contributed by atoms with Crippen molar-refractivity contribution in [2.45, 2.75) is 95.5 Å². The number of rotatable bonds is 9. The van der Waals surface area contributed by atoms with Crippen LogP contribution in [0, 0.1) is 22.7 Å². The number of unbranched alkanes of at least 4 members (excludes halogenated alkanes) is 1. The molecule has 4 aliphatic rings. The minimum absolute atomic E-state index is 0.0441. The monoisotopic (exact) mass is 538 g/mol. The lowest BCUT2D eigenvalue weighted by atomic mass is 9.46. The summed E-state index contributed by atoms with van der Waals surface area (Å²) < 4.78 is 10.9. The van der Waals surface area contributed by atoms with Gasteiger partial charge in [0.25, 0.3) is 0 Å². The van der Waals surface area contributed by atoms with Gasteiger partial charge in [-0.25, -0.2) is 4.79 Å². The van der Waals surface area contributed by atoms with Crippen molar-refractivity contribution in [3.05, 3.63) is 23.8 Å². The van der Waals surface area contributed by atoms with Crippen LogP contribution in [0.3, 0.4) is 0 Å². The van der Waals surface area contributed by atoms with E-state index in [1.807, 2.05) is 34.6 Å². The van der Waals surface area contributed by atoms with E-state index >= 15 is 0 Å². The van der Waals surface area contributed by atoms with E-state index in [0.717, 1.165) is 44.1 Å². The predicted octanol–water partition coefficient (Wildman–Crippen LogP) is 5.23. The standard InChI is InChI=1S/C28H42O6S2/c1-18-8-11-23-27(2,14-12-24(30)28(23,3)17-29)21(18)10-9-20-22(16-33-26(20)32)34-25(31)7-5-4-6-19-13-15-35-36-19/h9,19,21-24,29-30H,1,4-8,10-17H2,2-3H3/t19?,21-,22?,23?,24-,27+,28?/m1/s1. The molecule has 0 aromatic carbocycles. The number of hydrogen-bond donors (Lipinski definition) is 2. The van der Waals surface area contributed by atoms with Crippen LogP contribution in [0.25, 0.3) is 0 Å². The van der Waals surface area contributed by atoms with Crippen molar-refractivity contribution in [3.8, 4) is 0 Å². The lowest BCUT2D eigenvalue weighted by Gasteiger charge is -2.59. The molecule has 0 spiro atoms. The molecule has 4 rings (SSSR count). The third-order valence-corrected chi connectivity index (χ3v) is 12.4. The summed E-state index contributed by atoms with van der Waals surface area (Å²) >= 11 is 0. The summed E-state index contributed by atoms with van der Waals surface area (Å²) in [6.07, 6.45) is 9.15. The van der Waals surface area contributed by atoms with Crippen LogP contribution in [0.4, 0.5) is 0 Å². The number of fused-ring (bicyclic) bond motifs is 1. The molecule has 2 aliphatic heterocycles. The SMILES string of the molecule is C=C1CCC2C(C)(CO)[C@H](O)CC[C@@]2(C)[C@@H]1CC=C1C(=O)OCC1OC(=O)CCCCC1CCSS1. The highest BCUT2D eigenvalue weighted by Crippen LogP contribution is 2.61. The molecule has 4 fully saturated rings. The summed E-state index contributed by atoms with van der Waals surface area (Å²) in [5.74, 6) is 0.827. The molecule has 7 atom stereocenters. The Kier molecular flexibility index (Phi) is 9.22. The largest absolute Gasteiger partial charge is 0.458 e. The van der Waals surface area contributed by atoms with Gasteiger partial charge in [0.1, 0.15) is 6.61 Å². The Morgan fingerprint density at radius 2 is 2.08 bits per heavy atom. The zero-order valence-corrected chi connectivity index (χ0v) is 23.3. The predicted molar refractivity (Wildman–Crippen MR) is 144 cm³/mol. The average molecular weight is 539 g/mol. The van der Waals surface area contributed by atoms with Gasteiger partial charge in [0.05, 0.1) is 18.3 Å². The van der Waals surface area contributed by atoms with E-state index in [2.05, 4.69) is 13.5 Å². The zero-order chi connectivity index (χ0) is 25.9. The van der Waals surface area contributed by atoms with Gasteiger partial charge in [0, 0.05) is 22.8 Å². The first-order valence-electron chi connectivity index (χ1n) is 13.5. The second-order valence-corrected chi connectivity index (χ2v) is 14.4. The highest BCUT2D eigenvalue weighted by atomic mass is 33.1. The molecule has 0 radical (unpaired) electrons. The van der Waals surface area contributed by atoms with Gasteiger partial charge < -0.3 is 19.7 Å². The molecule has 0 aromatic rings. The number of carbonyl (C=O) groups is 2. The molecule has 2 heterocycles. The fourth-order valence-corrected chi connectivity index (χ4v) is 10.1. The fourth-order valence-electron chi connectivity index (χ4n) is 7.07. The second kappa shape index (κ2) is 11.8. The molecule has 0 aromatic heterocycles. The molecule has 0 amide bonds. The highest BCUT2D eigenvalue weighted by Gasteiger charge is 2.57. The Labute approximate surface area is 223 Å². The fraction of sp³-hybridized carbons (Fsp3) is 0.786. The average Bonchev–Trinajstić information content (AvgIpc) is 3.49. The maximum atomic E-state index is 12.5. The number of cyclic esters (lactones) is 1. The third kappa shape index (κ3) is 5.71. The van der Waals surface area contributed by atoms with Gasteiger partial charge in [-0.1, -0.05) is 60.1 Å². The van der Waals surface area contributed by atoms with Gasteiger partial charge in [-0.3, -0.25) is 4.79 Å². The first-order chi connectivity index (χ1) is 17.2. The van der Waals surface area contributed by atoms with Crippen LogP contribution in [-0.2, 0) is 19.1 Å². The smallest absolute Gasteiger partial charge is 0.337 e. The normalized spacial score (nSPS) is 39.8. The van der Waals surface area contributed by atoms with E-state index in [9.17, 15) is 19.8 Å². The van der Waals surface area contributed by atoms with E-state index in [1.54, 1.807) is 0 Å². The Bertz CT molecular complexity index is 868. The number of allylic oxidation sites excluding steroid dienone is 2. The van der Waals surface area contributed by atoms with E-state index in [1.165, 1.54) is 12.2 Å². The third-order valence-electron chi connectivity index (χ3n) is 9.37. The Hall–Kier alpha value is -0.960. The van der Waals surface area contributed by atoms with Crippen LogP contribution in [0.1, 0.15) is 78.1 Å². The summed E-state index contributed by atoms with van der Waals surface area (Å²) in [6.45, 7) is 8.65. The van der Waals surface area contributed by atoms with Gasteiger partial charge >= 0.3 is 11.9 Å². The number of hydrogen-bond acceptors (Lipinski definition) is 8. The maximum absolute atomic E-state index is 12.5. The van der Waals surface area contributed by atoms with Gasteiger partial charge in [-0.05, 0) is 68.6 Å². The Morgan fingerprint density at radius 3 is 2.81 bits per heavy atom. The van der Waals surface area contributed by atoms with Crippen LogP contribution in [0.2, 0.25) is 0 Å². The van der Waals surface area contributed by atoms with Gasteiger partial charge in [-0.15, -0.1) is 0 Å². The minimum Gasteiger partial charge on any atom is -0.458 e. The molecule has 6 nitrogen and oxygen atoms in total. The highest BCUT2D eigenvalue weighted by molar-refractivity contribution is 8.77. The Balaban J connectivity index is 1.37. The number of esters is 2. The van der Waals surface area contributed by atoms with E-state index < -0.39 is 23.6 Å². The topological polar surface area (TPSA) is 93.1 Å². The molecule has 2 saturated heterocycles. The summed E-state index contributed by atoms with van der Waals surface area (Å²) in [5, 5.41) is 21.6. The molecular weight excluding hydrogens is 496 g/mol. The van der Waals surface area contributed by atoms with Crippen molar-refractivity contribution in [3.63, 3.8) is 0 Å². The van der Waals surface area contributed by atoms with E-state index in [-0.39, 0.29) is 36.4 Å². The number of ether oxygens (including phenoxy) is 2. The molecule has 0 bridgehead atoms. The van der Waals surface area contributed by atoms with Gasteiger partial charge in [-0.2, -0.15) is 0 Å². The number of aliphatic hydroxyl groups is 2. The van der Waals surface area contributed by atoms with Gasteiger partial charge in [0.15, 0.2) is 6.10 Å². The molecule has 2 N–H and O–H groups in total. The van der Waals surface area contributed by atoms with Crippen molar-refractivity contribution in [2.75, 3.05) is 19.0 Å². The molecular formula is C28H42O6S2. The second-order valence-electron chi connectivity index (χ2n) is 11.6. The lowest BCUT2D eigenvalue weighted by molar-refractivity contribution is -0.151. The summed E-state index contributed by atoms with van der Waals surface area (Å²) in [7, 11) is 3.90. The van der Waals surface area contributed by atoms with Crippen LogP contribution in [-0.4, -0.2) is 58.6 Å². The molecule has 8 heteroatoms. The number of aliphatic hydroxyl groups excluding tert-OH is 2. The molecule has 202 valence electrons. The van der Waals surface area contributed by atoms with Crippen LogP contribution in [0.5, 0.6) is 0 Å². The zero-order valence-electron chi connectivity index (χ0n) is 21.7. The van der Waals surface area contributed by atoms with E-state index in [4.69, 9.17) is 9.47 Å². The van der Waals surface area contributed by atoms with Gasteiger partial charge in [0.2, 0.25) is 0 Å². The van der Waals surface area contributed by atoms with Crippen LogP contribution in [0.15, 0.2) is 23.8 Å². The van der Waals surface area contributed by atoms with Crippen molar-refractivity contribution in [2.24, 2.45) is 22.7 Å². The molecule has 4 unspecified atom stereocenters. The summed E-state index contributed by atoms with van der Waals surface area (Å²) in [5.41, 5.74) is 0.912. The minimum atomic E-state index is -0.650. The van der Waals surface area contributed by atoms with Crippen molar-refractivity contribution < 1.29 is 29.3 Å². The summed E-state index contributed by atoms with van der Waals surface area (Å²) in [6, 6.07) is 0. The molecule has 36 heavy (non-hydrogen) atoms.